The number of primary amides is 1. The number of nitrogens with zero attached hydrogens (tertiary/aromatic N) is 6. The number of guanidine groups is 5. The predicted molar refractivity (Wildman–Crippen MR) is 410 cm³/mol. The Labute approximate surface area is 639 Å². The first kappa shape index (κ1) is 97.3. The zero-order valence-electron chi connectivity index (χ0n) is 63.2. The van der Waals surface area contributed by atoms with Gasteiger partial charge in [0.15, 0.2) is 29.8 Å². The Bertz CT molecular complexity index is 3100. The van der Waals surface area contributed by atoms with Gasteiger partial charge in [-0.1, -0.05) is 6.42 Å². The summed E-state index contributed by atoms with van der Waals surface area (Å²) in [5, 5.41) is 45.5. The highest BCUT2D eigenvalue weighted by Crippen LogP contribution is 2.20. The lowest BCUT2D eigenvalue weighted by Gasteiger charge is -2.29. The van der Waals surface area contributed by atoms with Crippen molar-refractivity contribution in [1.29, 1.82) is 0 Å². The molecule has 0 unspecified atom stereocenters. The summed E-state index contributed by atoms with van der Waals surface area (Å²) in [5.74, 6) is -12.7. The molecule has 110 heavy (non-hydrogen) atoms. The number of nitrogens with one attached hydrogen (secondary N) is 10. The highest BCUT2D eigenvalue weighted by Gasteiger charge is 2.40. The lowest BCUT2D eigenvalue weighted by molar-refractivity contribution is -0.142. The summed E-state index contributed by atoms with van der Waals surface area (Å²) in [6.45, 7) is 3.10. The zero-order chi connectivity index (χ0) is 82.8. The Balaban J connectivity index is 3.83. The average Bonchev–Trinajstić information content (AvgIpc) is 1.64. The van der Waals surface area contributed by atoms with E-state index in [2.05, 4.69) is 78.1 Å². The fourth-order valence-corrected chi connectivity index (χ4v) is 11.1. The van der Waals surface area contributed by atoms with Gasteiger partial charge in [-0.05, 0) is 162 Å². The molecule has 1 aliphatic heterocycles. The number of hydrogen-bond donors (Lipinski definition) is 26. The van der Waals surface area contributed by atoms with Gasteiger partial charge < -0.3 is 149 Å². The number of aliphatic imine (C=N–C) groups is 5. The first-order valence-corrected chi connectivity index (χ1v) is 37.0. The number of carbonyl (C=O) groups excluding carboxylic acids is 12. The number of rotatable bonds is 58. The van der Waals surface area contributed by atoms with Crippen molar-refractivity contribution in [2.75, 3.05) is 58.9 Å². The van der Waals surface area contributed by atoms with Crippen LogP contribution in [0.4, 0.5) is 0 Å². The molecule has 0 aromatic carbocycles. The first-order valence-electron chi connectivity index (χ1n) is 37.0. The largest absolute Gasteiger partial charge is 0.481 e. The van der Waals surface area contributed by atoms with E-state index in [1.807, 2.05) is 0 Å². The van der Waals surface area contributed by atoms with Crippen LogP contribution in [0, 0.1) is 0 Å². The Morgan fingerprint density at radius 3 is 1.03 bits per heavy atom. The summed E-state index contributed by atoms with van der Waals surface area (Å²) in [5.41, 5.74) is 78.8. The number of aliphatic hydroxyl groups excluding tert-OH is 1. The molecular weight excluding hydrogens is 1440 g/mol. The molecule has 45 nitrogen and oxygen atoms in total. The maximum atomic E-state index is 14.8. The van der Waals surface area contributed by atoms with E-state index in [-0.39, 0.29) is 191 Å². The number of aliphatic hydroxyl groups is 1. The average molecular weight is 1570 g/mol. The summed E-state index contributed by atoms with van der Waals surface area (Å²) in [7, 11) is 0. The number of amides is 12. The van der Waals surface area contributed by atoms with Crippen LogP contribution < -0.4 is 133 Å². The summed E-state index contributed by atoms with van der Waals surface area (Å²) in [4.78, 5) is 201. The minimum absolute atomic E-state index is 0.0211. The van der Waals surface area contributed by atoms with Crippen molar-refractivity contribution in [3.05, 3.63) is 0 Å². The number of carboxylic acid groups (broad SMARTS) is 1. The second-order valence-corrected chi connectivity index (χ2v) is 26.5. The van der Waals surface area contributed by atoms with Crippen molar-refractivity contribution >= 4 is 107 Å². The van der Waals surface area contributed by atoms with Crippen LogP contribution in [0.1, 0.15) is 168 Å². The summed E-state index contributed by atoms with van der Waals surface area (Å²) < 4.78 is 0. The van der Waals surface area contributed by atoms with Gasteiger partial charge in [0.1, 0.15) is 66.5 Å². The van der Waals surface area contributed by atoms with Crippen LogP contribution in [0.2, 0.25) is 0 Å². The third-order valence-electron chi connectivity index (χ3n) is 17.1. The van der Waals surface area contributed by atoms with E-state index in [9.17, 15) is 67.4 Å². The van der Waals surface area contributed by atoms with Gasteiger partial charge in [0, 0.05) is 58.7 Å². The highest BCUT2D eigenvalue weighted by atomic mass is 16.4. The second-order valence-electron chi connectivity index (χ2n) is 26.5. The monoisotopic (exact) mass is 1560 g/mol. The number of carbonyl (C=O) groups is 13. The van der Waals surface area contributed by atoms with Gasteiger partial charge in [-0.25, -0.2) is 0 Å². The molecule has 1 aliphatic rings. The molecule has 0 bridgehead atoms. The van der Waals surface area contributed by atoms with Crippen molar-refractivity contribution in [1.82, 2.24) is 58.1 Å². The molecule has 0 aromatic rings. The lowest BCUT2D eigenvalue weighted by Crippen LogP contribution is -2.60. The summed E-state index contributed by atoms with van der Waals surface area (Å²) >= 11 is 0. The summed E-state index contributed by atoms with van der Waals surface area (Å²) in [6, 6.07) is -15.5. The number of aliphatic carboxylic acids is 1. The molecular formula is C65H124N30O15. The predicted octanol–water partition coefficient (Wildman–Crippen LogP) is -10.4. The number of hydrogen-bond acceptors (Lipinski definition) is 22. The standard InChI is InChI=1S/C65H124N30O15/c1-36(86-52(102)41(19-11-31-82-62(72)73)91-58(108)45(25-26-47(68)97)94-59(109)46-23-15-35-95(46)60(110)49(69)37(2)96)50(100)87-42(20-12-32-83-63(74)75)55(105)92-44(22-14-34-85-65(78)79)57(107)93-43(21-13-33-84-64(76)77)56(106)90-40(17-6-8-28-67)54(104)89-39(16-5-7-27-66)53(103)88-38(18-10-30-81-61(70)71)51(101)80-29-9-3-4-24-48(98)99/h36-46,49,96H,3-35,66-67,69H2,1-2H3,(H2,68,97)(H,80,101)(H,86,102)(H,87,100)(H,88,103)(H,89,104)(H,90,106)(H,91,108)(H,92,105)(H,93,107)(H,94,109)(H,98,99)(H4,70,71,81)(H4,72,73,82)(H4,74,75,83)(H4,76,77,84)(H4,78,79,85)/t36-,37+,38-,39-,40-,41-,42-,43-,44-,45-,46-,49-/m0/s1. The van der Waals surface area contributed by atoms with E-state index in [0.29, 0.717) is 44.9 Å². The van der Waals surface area contributed by atoms with E-state index in [0.717, 1.165) is 0 Å². The van der Waals surface area contributed by atoms with Gasteiger partial charge in [0.25, 0.3) is 0 Å². The Morgan fingerprint density at radius 2 is 0.709 bits per heavy atom. The van der Waals surface area contributed by atoms with E-state index < -0.39 is 156 Å². The Kier molecular flexibility index (Phi) is 48.5. The van der Waals surface area contributed by atoms with Gasteiger partial charge >= 0.3 is 5.97 Å². The van der Waals surface area contributed by atoms with E-state index in [1.54, 1.807) is 0 Å². The molecule has 1 heterocycles. The van der Waals surface area contributed by atoms with E-state index in [1.165, 1.54) is 18.7 Å². The molecule has 12 amide bonds. The molecule has 40 N–H and O–H groups in total. The molecule has 1 fully saturated rings. The van der Waals surface area contributed by atoms with E-state index >= 15 is 0 Å². The van der Waals surface area contributed by atoms with Crippen LogP contribution in [0.15, 0.2) is 25.0 Å². The van der Waals surface area contributed by atoms with Crippen molar-refractivity contribution in [3.63, 3.8) is 0 Å². The molecule has 624 valence electrons. The highest BCUT2D eigenvalue weighted by molar-refractivity contribution is 5.99. The van der Waals surface area contributed by atoms with Gasteiger partial charge in [0.05, 0.1) is 6.10 Å². The molecule has 0 spiro atoms. The first-order chi connectivity index (χ1) is 52.0. The van der Waals surface area contributed by atoms with Crippen LogP contribution in [0.5, 0.6) is 0 Å². The smallest absolute Gasteiger partial charge is 0.303 e. The topological polar surface area (TPSA) is 812 Å². The van der Waals surface area contributed by atoms with Gasteiger partial charge in [0.2, 0.25) is 70.9 Å². The van der Waals surface area contributed by atoms with Crippen LogP contribution >= 0.6 is 0 Å². The molecule has 1 rings (SSSR count). The fraction of sp³-hybridized carbons (Fsp3) is 0.723. The second kappa shape index (κ2) is 54.8. The number of carboxylic acids is 1. The maximum absolute atomic E-state index is 14.8. The van der Waals surface area contributed by atoms with Crippen LogP contribution in [0.3, 0.4) is 0 Å². The third-order valence-corrected chi connectivity index (χ3v) is 17.1. The fourth-order valence-electron chi connectivity index (χ4n) is 11.1. The normalized spacial score (nSPS) is 15.3. The minimum atomic E-state index is -1.55. The molecule has 12 atom stereocenters. The van der Waals surface area contributed by atoms with Gasteiger partial charge in [-0.3, -0.25) is 87.3 Å². The SMILES string of the molecule is C[C@H](NC(=O)[C@H](CCCN=C(N)N)NC(=O)[C@H](CCC(N)=O)NC(=O)[C@@H]1CCCN1C(=O)[C@@H](N)[C@@H](C)O)C(=O)N[C@@H](CCCN=C(N)N)C(=O)N[C@@H](CCCN=C(N)N)C(=O)N[C@@H](CCCN=C(N)N)C(=O)N[C@@H](CCCCN)C(=O)N[C@@H](CCCCN)C(=O)N[C@@H](CCCN=C(N)N)C(=O)NCCCCCC(=O)O. The number of nitrogens with two attached hydrogens (primary N) is 14. The molecule has 1 saturated heterocycles. The van der Waals surface area contributed by atoms with Gasteiger partial charge in [-0.15, -0.1) is 0 Å². The number of unbranched alkanes of at least 4 members (excludes halogenated alkanes) is 4. The third kappa shape index (κ3) is 42.2. The zero-order valence-corrected chi connectivity index (χ0v) is 63.2. The maximum Gasteiger partial charge on any atom is 0.303 e. The lowest BCUT2D eigenvalue weighted by atomic mass is 10.0. The van der Waals surface area contributed by atoms with Crippen molar-refractivity contribution < 1.29 is 72.5 Å². The molecule has 0 radical (unpaired) electrons. The molecule has 0 aromatic heterocycles. The Hall–Kier alpha value is -10.7. The number of likely N-dealkylation sites (tertiary alicyclic amines) is 1. The van der Waals surface area contributed by atoms with Gasteiger partial charge in [-0.2, -0.15) is 0 Å². The van der Waals surface area contributed by atoms with Crippen molar-refractivity contribution in [2.24, 2.45) is 105 Å². The minimum Gasteiger partial charge on any atom is -0.481 e. The molecule has 0 aliphatic carbocycles. The molecule has 0 saturated carbocycles. The van der Waals surface area contributed by atoms with Crippen LogP contribution in [-0.2, 0) is 62.3 Å². The molecule has 45 heteroatoms. The van der Waals surface area contributed by atoms with Crippen LogP contribution in [0.25, 0.3) is 0 Å². The van der Waals surface area contributed by atoms with E-state index in [4.69, 9.17) is 85.4 Å². The van der Waals surface area contributed by atoms with Crippen molar-refractivity contribution in [3.8, 4) is 0 Å². The van der Waals surface area contributed by atoms with Crippen molar-refractivity contribution in [2.45, 2.75) is 241 Å². The quantitative estimate of drug-likeness (QED) is 0.0153. The van der Waals surface area contributed by atoms with Crippen LogP contribution in [-0.4, -0.2) is 253 Å². The summed E-state index contributed by atoms with van der Waals surface area (Å²) in [6.07, 6.45) is 0.744. The Morgan fingerprint density at radius 1 is 0.391 bits per heavy atom.